The number of halogens is 5. The van der Waals surface area contributed by atoms with Crippen molar-refractivity contribution < 1.29 is 22.3 Å². The molecular formula is C11H7BrF4N4O. The SMILES string of the molecule is NNc1nc(Oc2ccc(Br)c(F)c2)cc(C(F)(F)F)n1. The minimum atomic E-state index is -4.70. The summed E-state index contributed by atoms with van der Waals surface area (Å²) in [6.45, 7) is 0. The second-order valence-electron chi connectivity index (χ2n) is 3.74. The van der Waals surface area contributed by atoms with Gasteiger partial charge in [-0.05, 0) is 28.1 Å². The third-order valence-electron chi connectivity index (χ3n) is 2.24. The van der Waals surface area contributed by atoms with Gasteiger partial charge < -0.3 is 4.74 Å². The van der Waals surface area contributed by atoms with Gasteiger partial charge in [-0.1, -0.05) is 0 Å². The number of aromatic nitrogens is 2. The Balaban J connectivity index is 2.36. The van der Waals surface area contributed by atoms with Gasteiger partial charge in [-0.3, -0.25) is 5.43 Å². The Hall–Kier alpha value is -1.94. The number of rotatable bonds is 3. The summed E-state index contributed by atoms with van der Waals surface area (Å²) < 4.78 is 56.6. The van der Waals surface area contributed by atoms with Crippen molar-refractivity contribution in [1.29, 1.82) is 0 Å². The predicted molar refractivity (Wildman–Crippen MR) is 69.0 cm³/mol. The molecule has 0 aliphatic carbocycles. The van der Waals surface area contributed by atoms with Gasteiger partial charge in [0.1, 0.15) is 11.6 Å². The lowest BCUT2D eigenvalue weighted by Crippen LogP contribution is -2.15. The largest absolute Gasteiger partial charge is 0.439 e. The van der Waals surface area contributed by atoms with E-state index in [9.17, 15) is 17.6 Å². The second kappa shape index (κ2) is 5.82. The Bertz CT molecular complexity index is 665. The predicted octanol–water partition coefficient (Wildman–Crippen LogP) is 3.47. The standard InChI is InChI=1S/C11H7BrF4N4O/c12-6-2-1-5(3-7(6)13)21-9-4-8(11(14,15)16)18-10(19-9)20-17/h1-4H,17H2,(H,18,19,20). The van der Waals surface area contributed by atoms with Crippen LogP contribution in [0.25, 0.3) is 0 Å². The molecule has 0 fully saturated rings. The molecule has 0 atom stereocenters. The van der Waals surface area contributed by atoms with Crippen molar-refractivity contribution in [2.45, 2.75) is 6.18 Å². The van der Waals surface area contributed by atoms with Crippen LogP contribution < -0.4 is 16.0 Å². The molecule has 1 heterocycles. The first-order valence-corrected chi connectivity index (χ1v) is 6.14. The van der Waals surface area contributed by atoms with Gasteiger partial charge in [0.25, 0.3) is 0 Å². The maximum Gasteiger partial charge on any atom is 0.433 e. The lowest BCUT2D eigenvalue weighted by atomic mass is 10.3. The molecule has 2 rings (SSSR count). The molecule has 10 heteroatoms. The first kappa shape index (κ1) is 15.4. The van der Waals surface area contributed by atoms with Gasteiger partial charge >= 0.3 is 6.18 Å². The van der Waals surface area contributed by atoms with Crippen LogP contribution in [0.3, 0.4) is 0 Å². The summed E-state index contributed by atoms with van der Waals surface area (Å²) >= 11 is 2.94. The van der Waals surface area contributed by atoms with Crippen molar-refractivity contribution in [3.8, 4) is 11.6 Å². The van der Waals surface area contributed by atoms with E-state index in [2.05, 4.69) is 25.9 Å². The van der Waals surface area contributed by atoms with Crippen molar-refractivity contribution in [3.05, 3.63) is 40.2 Å². The molecule has 1 aromatic heterocycles. The van der Waals surface area contributed by atoms with Crippen LogP contribution in [0, 0.1) is 5.82 Å². The average Bonchev–Trinajstić information content (AvgIpc) is 2.41. The van der Waals surface area contributed by atoms with Crippen LogP contribution in [0.4, 0.5) is 23.5 Å². The fraction of sp³-hybridized carbons (Fsp3) is 0.0909. The Kier molecular flexibility index (Phi) is 4.28. The fourth-order valence-corrected chi connectivity index (χ4v) is 1.59. The van der Waals surface area contributed by atoms with E-state index in [0.29, 0.717) is 6.07 Å². The van der Waals surface area contributed by atoms with Gasteiger partial charge in [0.2, 0.25) is 11.8 Å². The summed E-state index contributed by atoms with van der Waals surface area (Å²) in [6.07, 6.45) is -4.70. The maximum atomic E-state index is 13.3. The van der Waals surface area contributed by atoms with Crippen LogP contribution in [0.15, 0.2) is 28.7 Å². The summed E-state index contributed by atoms with van der Waals surface area (Å²) in [5.41, 5.74) is 0.664. The Morgan fingerprint density at radius 2 is 1.90 bits per heavy atom. The molecular weight excluding hydrogens is 360 g/mol. The molecule has 0 bridgehead atoms. The smallest absolute Gasteiger partial charge is 0.433 e. The van der Waals surface area contributed by atoms with E-state index in [0.717, 1.165) is 6.07 Å². The molecule has 3 N–H and O–H groups in total. The third kappa shape index (κ3) is 3.79. The van der Waals surface area contributed by atoms with Crippen LogP contribution in [-0.2, 0) is 6.18 Å². The minimum absolute atomic E-state index is 0.0227. The van der Waals surface area contributed by atoms with Crippen LogP contribution in [-0.4, -0.2) is 9.97 Å². The number of nitrogens with zero attached hydrogens (tertiary/aromatic N) is 2. The van der Waals surface area contributed by atoms with E-state index in [4.69, 9.17) is 10.6 Å². The summed E-state index contributed by atoms with van der Waals surface area (Å²) in [4.78, 5) is 6.77. The average molecular weight is 367 g/mol. The van der Waals surface area contributed by atoms with E-state index in [1.54, 1.807) is 0 Å². The first-order valence-electron chi connectivity index (χ1n) is 5.35. The lowest BCUT2D eigenvalue weighted by Gasteiger charge is -2.11. The number of alkyl halides is 3. The summed E-state index contributed by atoms with van der Waals surface area (Å²) in [6, 6.07) is 4.28. The fourth-order valence-electron chi connectivity index (χ4n) is 1.35. The molecule has 0 unspecified atom stereocenters. The summed E-state index contributed by atoms with van der Waals surface area (Å²) in [5, 5.41) is 0. The molecule has 0 aliphatic rings. The van der Waals surface area contributed by atoms with E-state index in [1.807, 2.05) is 5.43 Å². The second-order valence-corrected chi connectivity index (χ2v) is 4.59. The van der Waals surface area contributed by atoms with Crippen molar-refractivity contribution in [2.75, 3.05) is 5.43 Å². The number of nitrogen functional groups attached to an aromatic ring is 1. The molecule has 112 valence electrons. The Morgan fingerprint density at radius 3 is 2.48 bits per heavy atom. The summed E-state index contributed by atoms with van der Waals surface area (Å²) in [5.74, 6) is 3.45. The highest BCUT2D eigenvalue weighted by Gasteiger charge is 2.34. The molecule has 21 heavy (non-hydrogen) atoms. The minimum Gasteiger partial charge on any atom is -0.439 e. The number of hydrazine groups is 1. The van der Waals surface area contributed by atoms with E-state index in [1.165, 1.54) is 12.1 Å². The van der Waals surface area contributed by atoms with Gasteiger partial charge in [0.15, 0.2) is 5.69 Å². The van der Waals surface area contributed by atoms with Crippen LogP contribution in [0.1, 0.15) is 5.69 Å². The van der Waals surface area contributed by atoms with E-state index in [-0.39, 0.29) is 10.2 Å². The van der Waals surface area contributed by atoms with Gasteiger partial charge in [-0.25, -0.2) is 15.2 Å². The van der Waals surface area contributed by atoms with Gasteiger partial charge in [0, 0.05) is 12.1 Å². The zero-order chi connectivity index (χ0) is 15.6. The van der Waals surface area contributed by atoms with Crippen LogP contribution in [0.2, 0.25) is 0 Å². The molecule has 1 aromatic carbocycles. The van der Waals surface area contributed by atoms with Gasteiger partial charge in [0.05, 0.1) is 4.47 Å². The molecule has 0 saturated carbocycles. The highest BCUT2D eigenvalue weighted by atomic mass is 79.9. The molecule has 2 aromatic rings. The molecule has 0 radical (unpaired) electrons. The molecule has 0 spiro atoms. The molecule has 0 saturated heterocycles. The van der Waals surface area contributed by atoms with E-state index >= 15 is 0 Å². The third-order valence-corrected chi connectivity index (χ3v) is 2.88. The topological polar surface area (TPSA) is 73.1 Å². The number of nitrogens with one attached hydrogen (secondary N) is 1. The zero-order valence-electron chi connectivity index (χ0n) is 10.1. The first-order chi connectivity index (χ1) is 9.79. The van der Waals surface area contributed by atoms with Crippen molar-refractivity contribution in [1.82, 2.24) is 9.97 Å². The van der Waals surface area contributed by atoms with Crippen molar-refractivity contribution in [2.24, 2.45) is 5.84 Å². The van der Waals surface area contributed by atoms with Gasteiger partial charge in [-0.15, -0.1) is 0 Å². The normalized spacial score (nSPS) is 11.3. The number of ether oxygens (including phenoxy) is 1. The lowest BCUT2D eigenvalue weighted by molar-refractivity contribution is -0.141. The van der Waals surface area contributed by atoms with Crippen molar-refractivity contribution >= 4 is 21.9 Å². The van der Waals surface area contributed by atoms with Crippen molar-refractivity contribution in [3.63, 3.8) is 0 Å². The zero-order valence-corrected chi connectivity index (χ0v) is 11.7. The molecule has 0 aliphatic heterocycles. The van der Waals surface area contributed by atoms with Crippen LogP contribution in [0.5, 0.6) is 11.6 Å². The number of hydrogen-bond donors (Lipinski definition) is 2. The Morgan fingerprint density at radius 1 is 1.19 bits per heavy atom. The number of benzene rings is 1. The maximum absolute atomic E-state index is 13.3. The highest BCUT2D eigenvalue weighted by Crippen LogP contribution is 2.32. The molecule has 0 amide bonds. The molecule has 5 nitrogen and oxygen atoms in total. The van der Waals surface area contributed by atoms with Gasteiger partial charge in [-0.2, -0.15) is 18.2 Å². The monoisotopic (exact) mass is 366 g/mol. The van der Waals surface area contributed by atoms with Crippen LogP contribution >= 0.6 is 15.9 Å². The summed E-state index contributed by atoms with van der Waals surface area (Å²) in [7, 11) is 0. The number of anilines is 1. The highest BCUT2D eigenvalue weighted by molar-refractivity contribution is 9.10. The van der Waals surface area contributed by atoms with E-state index < -0.39 is 29.5 Å². The Labute approximate surface area is 124 Å². The number of hydrogen-bond acceptors (Lipinski definition) is 5. The number of nitrogens with two attached hydrogens (primary N) is 1. The quantitative estimate of drug-likeness (QED) is 0.494.